The van der Waals surface area contributed by atoms with Crippen LogP contribution in [0.3, 0.4) is 0 Å². The molecule has 1 aliphatic heterocycles. The molecule has 5 heteroatoms. The third-order valence-electron chi connectivity index (χ3n) is 4.89. The quantitative estimate of drug-likeness (QED) is 0.750. The number of ether oxygens (including phenoxy) is 1. The van der Waals surface area contributed by atoms with Crippen molar-refractivity contribution in [2.24, 2.45) is 5.92 Å². The van der Waals surface area contributed by atoms with Crippen molar-refractivity contribution in [3.05, 3.63) is 70.7 Å². The van der Waals surface area contributed by atoms with Crippen LogP contribution >= 0.6 is 11.6 Å². The number of amides is 1. The van der Waals surface area contributed by atoms with Crippen LogP contribution in [0, 0.1) is 5.92 Å². The average Bonchev–Trinajstić information content (AvgIpc) is 3.06. The molecule has 0 aliphatic carbocycles. The second-order valence-electron chi connectivity index (χ2n) is 6.76. The maximum absolute atomic E-state index is 13.1. The van der Waals surface area contributed by atoms with Crippen LogP contribution in [0.25, 0.3) is 0 Å². The summed E-state index contributed by atoms with van der Waals surface area (Å²) in [6.45, 7) is 0.394. The van der Waals surface area contributed by atoms with E-state index in [2.05, 4.69) is 0 Å². The molecule has 0 saturated carbocycles. The molecule has 1 heterocycles. The number of rotatable bonds is 5. The lowest BCUT2D eigenvalue weighted by molar-refractivity contribution is -0.142. The lowest BCUT2D eigenvalue weighted by Crippen LogP contribution is -2.35. The Labute approximate surface area is 158 Å². The molecule has 4 nitrogen and oxygen atoms in total. The normalized spacial score (nSPS) is 18.9. The zero-order valence-corrected chi connectivity index (χ0v) is 15.6. The van der Waals surface area contributed by atoms with Gasteiger partial charge in [-0.1, -0.05) is 54.1 Å². The Morgan fingerprint density at radius 1 is 1.08 bits per heavy atom. The van der Waals surface area contributed by atoms with E-state index in [-0.39, 0.29) is 23.7 Å². The molecule has 0 radical (unpaired) electrons. The van der Waals surface area contributed by atoms with Gasteiger partial charge in [0.25, 0.3) is 0 Å². The first-order valence-electron chi connectivity index (χ1n) is 8.67. The average molecular weight is 372 g/mol. The monoisotopic (exact) mass is 371 g/mol. The number of esters is 1. The van der Waals surface area contributed by atoms with Crippen LogP contribution < -0.4 is 0 Å². The van der Waals surface area contributed by atoms with E-state index in [0.29, 0.717) is 18.1 Å². The van der Waals surface area contributed by atoms with Crippen molar-refractivity contribution in [3.63, 3.8) is 0 Å². The van der Waals surface area contributed by atoms with Crippen LogP contribution in [0.1, 0.15) is 29.4 Å². The SMILES string of the molecule is CN(C)C(=O)C(c1ccccc1)C(c1ccc(Cl)cc1)C1CCOC1=O. The number of benzene rings is 2. The summed E-state index contributed by atoms with van der Waals surface area (Å²) in [5.74, 6) is -1.40. The Hall–Kier alpha value is -2.33. The first-order chi connectivity index (χ1) is 12.5. The lowest BCUT2D eigenvalue weighted by atomic mass is 9.72. The highest BCUT2D eigenvalue weighted by molar-refractivity contribution is 6.30. The molecule has 0 bridgehead atoms. The second kappa shape index (κ2) is 7.92. The van der Waals surface area contributed by atoms with Gasteiger partial charge in [-0.25, -0.2) is 0 Å². The molecule has 2 aromatic carbocycles. The molecule has 3 rings (SSSR count). The molecule has 1 amide bonds. The van der Waals surface area contributed by atoms with E-state index >= 15 is 0 Å². The van der Waals surface area contributed by atoms with Gasteiger partial charge in [-0.2, -0.15) is 0 Å². The second-order valence-corrected chi connectivity index (χ2v) is 7.20. The Bertz CT molecular complexity index is 774. The van der Waals surface area contributed by atoms with Crippen molar-refractivity contribution >= 4 is 23.5 Å². The van der Waals surface area contributed by atoms with E-state index in [9.17, 15) is 9.59 Å². The van der Waals surface area contributed by atoms with Gasteiger partial charge in [-0.3, -0.25) is 9.59 Å². The number of likely N-dealkylation sites (N-methyl/N-ethyl adjacent to an activating group) is 1. The van der Waals surface area contributed by atoms with Crippen LogP contribution in [-0.2, 0) is 14.3 Å². The summed E-state index contributed by atoms with van der Waals surface area (Å²) in [6, 6.07) is 17.0. The summed E-state index contributed by atoms with van der Waals surface area (Å²) >= 11 is 6.05. The molecule has 1 fully saturated rings. The van der Waals surface area contributed by atoms with E-state index in [1.807, 2.05) is 42.5 Å². The van der Waals surface area contributed by atoms with E-state index in [1.54, 1.807) is 31.1 Å². The Morgan fingerprint density at radius 3 is 2.27 bits per heavy atom. The molecule has 0 aromatic heterocycles. The van der Waals surface area contributed by atoms with E-state index in [0.717, 1.165) is 11.1 Å². The van der Waals surface area contributed by atoms with E-state index in [1.165, 1.54) is 0 Å². The predicted octanol–water partition coefficient (Wildman–Crippen LogP) is 3.86. The van der Waals surface area contributed by atoms with Gasteiger partial charge < -0.3 is 9.64 Å². The summed E-state index contributed by atoms with van der Waals surface area (Å²) in [6.07, 6.45) is 0.607. The fourth-order valence-electron chi connectivity index (χ4n) is 3.62. The largest absolute Gasteiger partial charge is 0.465 e. The van der Waals surface area contributed by atoms with Crippen molar-refractivity contribution in [2.45, 2.75) is 18.3 Å². The summed E-state index contributed by atoms with van der Waals surface area (Å²) in [5.41, 5.74) is 1.81. The van der Waals surface area contributed by atoms with E-state index in [4.69, 9.17) is 16.3 Å². The number of carbonyl (C=O) groups excluding carboxylic acids is 2. The zero-order valence-electron chi connectivity index (χ0n) is 14.9. The standard InChI is InChI=1S/C21H22ClNO3/c1-23(2)20(24)19(14-6-4-3-5-7-14)18(17-12-13-26-21(17)25)15-8-10-16(22)11-9-15/h3-11,17-19H,12-13H2,1-2H3. The van der Waals surface area contributed by atoms with Crippen molar-refractivity contribution in [2.75, 3.05) is 20.7 Å². The van der Waals surface area contributed by atoms with Crippen molar-refractivity contribution < 1.29 is 14.3 Å². The molecule has 0 spiro atoms. The fraction of sp³-hybridized carbons (Fsp3) is 0.333. The van der Waals surface area contributed by atoms with Gasteiger partial charge >= 0.3 is 5.97 Å². The molecule has 0 N–H and O–H groups in total. The maximum Gasteiger partial charge on any atom is 0.309 e. The third kappa shape index (κ3) is 3.75. The highest BCUT2D eigenvalue weighted by Gasteiger charge is 2.43. The smallest absolute Gasteiger partial charge is 0.309 e. The predicted molar refractivity (Wildman–Crippen MR) is 101 cm³/mol. The Balaban J connectivity index is 2.13. The molecule has 1 aliphatic rings. The number of cyclic esters (lactones) is 1. The van der Waals surface area contributed by atoms with Crippen LogP contribution in [0.4, 0.5) is 0 Å². The van der Waals surface area contributed by atoms with Gasteiger partial charge in [0.2, 0.25) is 5.91 Å². The van der Waals surface area contributed by atoms with Crippen LogP contribution in [0.5, 0.6) is 0 Å². The number of hydrogen-bond acceptors (Lipinski definition) is 3. The highest BCUT2D eigenvalue weighted by atomic mass is 35.5. The number of halogens is 1. The minimum absolute atomic E-state index is 0.0316. The fourth-order valence-corrected chi connectivity index (χ4v) is 3.75. The lowest BCUT2D eigenvalue weighted by Gasteiger charge is -2.32. The number of carbonyl (C=O) groups is 2. The van der Waals surface area contributed by atoms with Gasteiger partial charge in [-0.05, 0) is 29.7 Å². The first kappa shape index (κ1) is 18.5. The van der Waals surface area contributed by atoms with E-state index < -0.39 is 5.92 Å². The minimum atomic E-state index is -0.469. The Morgan fingerprint density at radius 2 is 1.73 bits per heavy atom. The highest BCUT2D eigenvalue weighted by Crippen LogP contribution is 2.43. The topological polar surface area (TPSA) is 46.6 Å². The number of hydrogen-bond donors (Lipinski definition) is 0. The molecule has 3 atom stereocenters. The van der Waals surface area contributed by atoms with Gasteiger partial charge in [0.05, 0.1) is 18.4 Å². The Kier molecular flexibility index (Phi) is 5.62. The van der Waals surface area contributed by atoms with Crippen LogP contribution in [-0.4, -0.2) is 37.5 Å². The summed E-state index contributed by atoms with van der Waals surface area (Å²) < 4.78 is 5.23. The first-order valence-corrected chi connectivity index (χ1v) is 9.05. The van der Waals surface area contributed by atoms with Crippen molar-refractivity contribution in [3.8, 4) is 0 Å². The summed E-state index contributed by atoms with van der Waals surface area (Å²) in [5, 5.41) is 0.622. The molecule has 26 heavy (non-hydrogen) atoms. The maximum atomic E-state index is 13.1. The summed E-state index contributed by atoms with van der Waals surface area (Å²) in [7, 11) is 3.48. The van der Waals surface area contributed by atoms with Gasteiger partial charge in [0.15, 0.2) is 0 Å². The van der Waals surface area contributed by atoms with Crippen LogP contribution in [0.2, 0.25) is 5.02 Å². The van der Waals surface area contributed by atoms with Crippen molar-refractivity contribution in [1.82, 2.24) is 4.90 Å². The van der Waals surface area contributed by atoms with Gasteiger partial charge in [-0.15, -0.1) is 0 Å². The van der Waals surface area contributed by atoms with Gasteiger partial charge in [0.1, 0.15) is 0 Å². The minimum Gasteiger partial charge on any atom is -0.465 e. The van der Waals surface area contributed by atoms with Crippen molar-refractivity contribution in [1.29, 1.82) is 0 Å². The molecule has 1 saturated heterocycles. The number of nitrogens with zero attached hydrogens (tertiary/aromatic N) is 1. The zero-order chi connectivity index (χ0) is 18.7. The summed E-state index contributed by atoms with van der Waals surface area (Å²) in [4.78, 5) is 27.1. The third-order valence-corrected chi connectivity index (χ3v) is 5.14. The van der Waals surface area contributed by atoms with Crippen LogP contribution in [0.15, 0.2) is 54.6 Å². The van der Waals surface area contributed by atoms with Gasteiger partial charge in [0, 0.05) is 25.0 Å². The molecule has 3 unspecified atom stereocenters. The molecule has 2 aromatic rings. The molecular weight excluding hydrogens is 350 g/mol. The molecule has 136 valence electrons. The molecular formula is C21H22ClNO3.